The Balaban J connectivity index is 1.42. The molecule has 1 aliphatic rings. The lowest BCUT2D eigenvalue weighted by molar-refractivity contribution is -0.131. The number of unbranched alkanes of at least 4 members (excludes halogenated alkanes) is 4. The van der Waals surface area contributed by atoms with E-state index in [2.05, 4.69) is 29.4 Å². The predicted molar refractivity (Wildman–Crippen MR) is 137 cm³/mol. The minimum Gasteiger partial charge on any atom is -0.368 e. The maximum absolute atomic E-state index is 12.4. The minimum absolute atomic E-state index is 0.252. The van der Waals surface area contributed by atoms with Gasteiger partial charge in [0, 0.05) is 49.7 Å². The molecule has 0 bridgehead atoms. The zero-order chi connectivity index (χ0) is 23.5. The van der Waals surface area contributed by atoms with Crippen LogP contribution >= 0.6 is 0 Å². The van der Waals surface area contributed by atoms with Crippen LogP contribution in [0.2, 0.25) is 0 Å². The highest BCUT2D eigenvalue weighted by atomic mass is 16.2. The Kier molecular flexibility index (Phi) is 9.60. The lowest BCUT2D eigenvalue weighted by atomic mass is 10.1. The summed E-state index contributed by atoms with van der Waals surface area (Å²) in [5, 5.41) is 5.78. The molecule has 2 N–H and O–H groups in total. The second-order valence-corrected chi connectivity index (χ2v) is 8.71. The molecular formula is C27H38N4O2. The standard InChI is InChI=1S/C27H38N4O2/c1-3-5-6-7-8-12-26(32)31-19-17-30(18-20-31)25-15-13-23(14-16-25)28-27(33)29-24-11-9-10-22(4-2)21-24/h9-11,13-16,21H,3-8,12,17-20H2,1-2H3,(H2,28,29,33). The molecule has 0 aliphatic carbocycles. The number of hydrogen-bond acceptors (Lipinski definition) is 3. The van der Waals surface area contributed by atoms with E-state index in [1.54, 1.807) is 0 Å². The molecule has 2 aromatic carbocycles. The van der Waals surface area contributed by atoms with E-state index in [0.717, 1.165) is 62.5 Å². The summed E-state index contributed by atoms with van der Waals surface area (Å²) in [7, 11) is 0. The second-order valence-electron chi connectivity index (χ2n) is 8.71. The number of carbonyl (C=O) groups is 2. The number of nitrogens with one attached hydrogen (secondary N) is 2. The van der Waals surface area contributed by atoms with E-state index in [0.29, 0.717) is 12.3 Å². The molecule has 33 heavy (non-hydrogen) atoms. The van der Waals surface area contributed by atoms with Gasteiger partial charge in [-0.2, -0.15) is 0 Å². The van der Waals surface area contributed by atoms with E-state index in [4.69, 9.17) is 0 Å². The van der Waals surface area contributed by atoms with E-state index in [-0.39, 0.29) is 6.03 Å². The fourth-order valence-corrected chi connectivity index (χ4v) is 4.17. The Morgan fingerprint density at radius 1 is 0.818 bits per heavy atom. The van der Waals surface area contributed by atoms with E-state index in [9.17, 15) is 9.59 Å². The van der Waals surface area contributed by atoms with Gasteiger partial charge in [0.25, 0.3) is 0 Å². The van der Waals surface area contributed by atoms with E-state index >= 15 is 0 Å². The predicted octanol–water partition coefficient (Wildman–Crippen LogP) is 5.90. The van der Waals surface area contributed by atoms with Crippen molar-refractivity contribution < 1.29 is 9.59 Å². The molecule has 178 valence electrons. The second kappa shape index (κ2) is 12.9. The van der Waals surface area contributed by atoms with Gasteiger partial charge in [0.1, 0.15) is 0 Å². The summed E-state index contributed by atoms with van der Waals surface area (Å²) in [6, 6.07) is 15.5. The summed E-state index contributed by atoms with van der Waals surface area (Å²) in [6.45, 7) is 7.51. The lowest BCUT2D eigenvalue weighted by Gasteiger charge is -2.36. The first kappa shape index (κ1) is 24.6. The quantitative estimate of drug-likeness (QED) is 0.443. The van der Waals surface area contributed by atoms with Crippen LogP contribution in [-0.2, 0) is 11.2 Å². The van der Waals surface area contributed by atoms with Crippen LogP contribution in [0.1, 0.15) is 57.9 Å². The van der Waals surface area contributed by atoms with Crippen LogP contribution in [0.3, 0.4) is 0 Å². The molecule has 3 amide bonds. The van der Waals surface area contributed by atoms with Crippen LogP contribution in [0.25, 0.3) is 0 Å². The summed E-state index contributed by atoms with van der Waals surface area (Å²) >= 11 is 0. The largest absolute Gasteiger partial charge is 0.368 e. The Hall–Kier alpha value is -3.02. The summed E-state index contributed by atoms with van der Waals surface area (Å²) in [5.74, 6) is 0.293. The third kappa shape index (κ3) is 7.81. The molecule has 0 spiro atoms. The van der Waals surface area contributed by atoms with Crippen molar-refractivity contribution in [1.29, 1.82) is 0 Å². The minimum atomic E-state index is -0.252. The molecule has 0 aromatic heterocycles. The highest BCUT2D eigenvalue weighted by Crippen LogP contribution is 2.20. The van der Waals surface area contributed by atoms with Gasteiger partial charge in [0.15, 0.2) is 0 Å². The van der Waals surface area contributed by atoms with Gasteiger partial charge < -0.3 is 20.4 Å². The summed E-state index contributed by atoms with van der Waals surface area (Å²) in [6.07, 6.45) is 7.49. The molecule has 0 unspecified atom stereocenters. The molecule has 0 atom stereocenters. The average molecular weight is 451 g/mol. The molecule has 0 saturated carbocycles. The number of urea groups is 1. The van der Waals surface area contributed by atoms with Crippen molar-refractivity contribution in [2.24, 2.45) is 0 Å². The van der Waals surface area contributed by atoms with Crippen molar-refractivity contribution in [3.63, 3.8) is 0 Å². The molecule has 6 nitrogen and oxygen atoms in total. The number of benzene rings is 2. The third-order valence-corrected chi connectivity index (χ3v) is 6.21. The Bertz CT molecular complexity index is 889. The zero-order valence-electron chi connectivity index (χ0n) is 20.1. The molecule has 1 heterocycles. The average Bonchev–Trinajstić information content (AvgIpc) is 2.84. The van der Waals surface area contributed by atoms with E-state index in [1.807, 2.05) is 53.4 Å². The summed E-state index contributed by atoms with van der Waals surface area (Å²) in [5.41, 5.74) is 3.84. The highest BCUT2D eigenvalue weighted by molar-refractivity contribution is 5.99. The molecular weight excluding hydrogens is 412 g/mol. The first-order valence-corrected chi connectivity index (χ1v) is 12.4. The van der Waals surface area contributed by atoms with Gasteiger partial charge in [-0.3, -0.25) is 4.79 Å². The van der Waals surface area contributed by atoms with Crippen molar-refractivity contribution >= 4 is 29.0 Å². The summed E-state index contributed by atoms with van der Waals surface area (Å²) < 4.78 is 0. The molecule has 0 radical (unpaired) electrons. The number of hydrogen-bond donors (Lipinski definition) is 2. The van der Waals surface area contributed by atoms with Crippen molar-refractivity contribution in [1.82, 2.24) is 4.90 Å². The maximum Gasteiger partial charge on any atom is 0.323 e. The Morgan fingerprint density at radius 3 is 2.21 bits per heavy atom. The first-order valence-electron chi connectivity index (χ1n) is 12.4. The van der Waals surface area contributed by atoms with Gasteiger partial charge in [-0.1, -0.05) is 51.7 Å². The van der Waals surface area contributed by atoms with E-state index < -0.39 is 0 Å². The van der Waals surface area contributed by atoms with Gasteiger partial charge in [-0.05, 0) is 54.8 Å². The van der Waals surface area contributed by atoms with Crippen molar-refractivity contribution in [2.75, 3.05) is 41.7 Å². The van der Waals surface area contributed by atoms with Crippen LogP contribution in [0.15, 0.2) is 48.5 Å². The van der Waals surface area contributed by atoms with Crippen LogP contribution < -0.4 is 15.5 Å². The highest BCUT2D eigenvalue weighted by Gasteiger charge is 2.21. The molecule has 1 aliphatic heterocycles. The first-order chi connectivity index (χ1) is 16.1. The Morgan fingerprint density at radius 2 is 1.52 bits per heavy atom. The van der Waals surface area contributed by atoms with Crippen LogP contribution in [0.4, 0.5) is 21.9 Å². The number of piperazine rings is 1. The monoisotopic (exact) mass is 450 g/mol. The molecule has 2 aromatic rings. The van der Waals surface area contributed by atoms with Crippen LogP contribution in [0.5, 0.6) is 0 Å². The molecule has 3 rings (SSSR count). The molecule has 1 saturated heterocycles. The lowest BCUT2D eigenvalue weighted by Crippen LogP contribution is -2.48. The van der Waals surface area contributed by atoms with Crippen molar-refractivity contribution in [2.45, 2.75) is 58.8 Å². The van der Waals surface area contributed by atoms with Crippen molar-refractivity contribution in [3.8, 4) is 0 Å². The van der Waals surface area contributed by atoms with Gasteiger partial charge in [0.05, 0.1) is 0 Å². The number of rotatable bonds is 10. The van der Waals surface area contributed by atoms with Gasteiger partial charge in [-0.25, -0.2) is 4.79 Å². The maximum atomic E-state index is 12.4. The van der Waals surface area contributed by atoms with Crippen LogP contribution in [-0.4, -0.2) is 43.0 Å². The van der Waals surface area contributed by atoms with Gasteiger partial charge in [0.2, 0.25) is 5.91 Å². The number of carbonyl (C=O) groups excluding carboxylic acids is 2. The van der Waals surface area contributed by atoms with Gasteiger partial charge >= 0.3 is 6.03 Å². The smallest absolute Gasteiger partial charge is 0.323 e. The fraction of sp³-hybridized carbons (Fsp3) is 0.481. The van der Waals surface area contributed by atoms with Gasteiger partial charge in [-0.15, -0.1) is 0 Å². The number of aryl methyl sites for hydroxylation is 1. The molecule has 1 fully saturated rings. The van der Waals surface area contributed by atoms with Crippen molar-refractivity contribution in [3.05, 3.63) is 54.1 Å². The number of nitrogens with zero attached hydrogens (tertiary/aromatic N) is 2. The van der Waals surface area contributed by atoms with Crippen LogP contribution in [0, 0.1) is 0 Å². The Labute approximate surface area is 198 Å². The topological polar surface area (TPSA) is 64.7 Å². The summed E-state index contributed by atoms with van der Waals surface area (Å²) in [4.78, 5) is 29.1. The normalized spacial score (nSPS) is 13.6. The van der Waals surface area contributed by atoms with E-state index in [1.165, 1.54) is 24.8 Å². The SMILES string of the molecule is CCCCCCCC(=O)N1CCN(c2ccc(NC(=O)Nc3cccc(CC)c3)cc2)CC1. The third-order valence-electron chi connectivity index (χ3n) is 6.21. The number of anilines is 3. The fourth-order valence-electron chi connectivity index (χ4n) is 4.17. The number of amides is 3. The zero-order valence-corrected chi connectivity index (χ0v) is 20.1. The molecule has 6 heteroatoms.